The number of benzene rings is 2. The summed E-state index contributed by atoms with van der Waals surface area (Å²) in [5.41, 5.74) is 0.558. The fourth-order valence-corrected chi connectivity index (χ4v) is 3.84. The maximum Gasteiger partial charge on any atom is 0.261 e. The van der Waals surface area contributed by atoms with Crippen LogP contribution in [-0.2, 0) is 10.0 Å². The Balaban J connectivity index is 2.39. The minimum absolute atomic E-state index is 0.0339. The van der Waals surface area contributed by atoms with Crippen molar-refractivity contribution in [3.63, 3.8) is 0 Å². The molecule has 0 aliphatic heterocycles. The van der Waals surface area contributed by atoms with Gasteiger partial charge < -0.3 is 0 Å². The second-order valence-electron chi connectivity index (χ2n) is 3.98. The van der Waals surface area contributed by atoms with E-state index in [-0.39, 0.29) is 15.5 Å². The second kappa shape index (κ2) is 6.24. The Morgan fingerprint density at radius 2 is 1.86 bits per heavy atom. The van der Waals surface area contributed by atoms with Crippen LogP contribution in [0.15, 0.2) is 45.8 Å². The SMILES string of the molecule is N#Cc1ccc(S(=O)(=O)Nc2ccc(Cl)cc2Br)cc1Cl. The molecule has 0 radical (unpaired) electrons. The van der Waals surface area contributed by atoms with Crippen molar-refractivity contribution in [3.05, 3.63) is 56.5 Å². The summed E-state index contributed by atoms with van der Waals surface area (Å²) in [6.45, 7) is 0. The Morgan fingerprint density at radius 1 is 1.14 bits per heavy atom. The van der Waals surface area contributed by atoms with E-state index < -0.39 is 10.0 Å². The fourth-order valence-electron chi connectivity index (χ4n) is 1.53. The molecule has 2 aromatic carbocycles. The molecule has 108 valence electrons. The Labute approximate surface area is 140 Å². The highest BCUT2D eigenvalue weighted by Gasteiger charge is 2.17. The van der Waals surface area contributed by atoms with E-state index in [1.165, 1.54) is 24.3 Å². The molecule has 8 heteroatoms. The molecule has 0 heterocycles. The first-order chi connectivity index (χ1) is 9.83. The van der Waals surface area contributed by atoms with Crippen molar-refractivity contribution < 1.29 is 8.42 Å². The zero-order chi connectivity index (χ0) is 15.6. The van der Waals surface area contributed by atoms with Crippen LogP contribution >= 0.6 is 39.1 Å². The molecule has 0 fully saturated rings. The largest absolute Gasteiger partial charge is 0.278 e. The Kier molecular flexibility index (Phi) is 4.79. The molecule has 0 saturated carbocycles. The van der Waals surface area contributed by atoms with Crippen molar-refractivity contribution in [2.45, 2.75) is 4.90 Å². The lowest BCUT2D eigenvalue weighted by atomic mass is 10.2. The maximum absolute atomic E-state index is 12.3. The minimum Gasteiger partial charge on any atom is -0.278 e. The quantitative estimate of drug-likeness (QED) is 0.820. The van der Waals surface area contributed by atoms with E-state index in [9.17, 15) is 8.42 Å². The molecule has 0 atom stereocenters. The van der Waals surface area contributed by atoms with Crippen LogP contribution in [0.2, 0.25) is 10.0 Å². The van der Waals surface area contributed by atoms with Crippen molar-refractivity contribution in [2.24, 2.45) is 0 Å². The lowest BCUT2D eigenvalue weighted by molar-refractivity contribution is 0.601. The molecule has 0 aliphatic rings. The average Bonchev–Trinajstić information content (AvgIpc) is 2.42. The summed E-state index contributed by atoms with van der Waals surface area (Å²) in [5, 5.41) is 9.35. The smallest absolute Gasteiger partial charge is 0.261 e. The number of halogens is 3. The molecule has 0 aromatic heterocycles. The summed E-state index contributed by atoms with van der Waals surface area (Å²) < 4.78 is 27.5. The summed E-state index contributed by atoms with van der Waals surface area (Å²) >= 11 is 14.9. The molecular weight excluding hydrogens is 399 g/mol. The van der Waals surface area contributed by atoms with Gasteiger partial charge in [-0.15, -0.1) is 0 Å². The predicted octanol–water partition coefficient (Wildman–Crippen LogP) is 4.43. The van der Waals surface area contributed by atoms with E-state index in [4.69, 9.17) is 28.5 Å². The van der Waals surface area contributed by atoms with Crippen LogP contribution in [0.5, 0.6) is 0 Å². The van der Waals surface area contributed by atoms with Gasteiger partial charge in [0.25, 0.3) is 10.0 Å². The highest BCUT2D eigenvalue weighted by atomic mass is 79.9. The average molecular weight is 406 g/mol. The topological polar surface area (TPSA) is 70.0 Å². The van der Waals surface area contributed by atoms with Gasteiger partial charge in [0.1, 0.15) is 6.07 Å². The number of hydrogen-bond donors (Lipinski definition) is 1. The molecule has 21 heavy (non-hydrogen) atoms. The molecule has 0 amide bonds. The van der Waals surface area contributed by atoms with Crippen LogP contribution < -0.4 is 4.72 Å². The van der Waals surface area contributed by atoms with Gasteiger partial charge in [-0.2, -0.15) is 5.26 Å². The summed E-state index contributed by atoms with van der Waals surface area (Å²) in [5.74, 6) is 0. The van der Waals surface area contributed by atoms with E-state index >= 15 is 0 Å². The standard InChI is InChI=1S/C13H7BrCl2N2O2S/c14-11-5-9(15)2-4-13(11)18-21(19,20)10-3-1-8(7-17)12(16)6-10/h1-6,18H. The Hall–Kier alpha value is -1.26. The van der Waals surface area contributed by atoms with E-state index in [2.05, 4.69) is 20.7 Å². The van der Waals surface area contributed by atoms with Gasteiger partial charge in [0.15, 0.2) is 0 Å². The summed E-state index contributed by atoms with van der Waals surface area (Å²) in [4.78, 5) is -0.0339. The van der Waals surface area contributed by atoms with Gasteiger partial charge >= 0.3 is 0 Å². The highest BCUT2D eigenvalue weighted by molar-refractivity contribution is 9.10. The van der Waals surface area contributed by atoms with Crippen molar-refractivity contribution in [2.75, 3.05) is 4.72 Å². The van der Waals surface area contributed by atoms with Crippen LogP contribution in [0.25, 0.3) is 0 Å². The second-order valence-corrected chi connectivity index (χ2v) is 7.36. The van der Waals surface area contributed by atoms with E-state index in [0.29, 0.717) is 15.2 Å². The summed E-state index contributed by atoms with van der Waals surface area (Å²) in [6, 6.07) is 10.4. The van der Waals surface area contributed by atoms with E-state index in [0.717, 1.165) is 0 Å². The van der Waals surface area contributed by atoms with Crippen molar-refractivity contribution in [1.29, 1.82) is 5.26 Å². The first-order valence-corrected chi connectivity index (χ1v) is 8.54. The third-order valence-corrected chi connectivity index (χ3v) is 5.11. The van der Waals surface area contributed by atoms with Crippen molar-refractivity contribution >= 4 is 54.8 Å². The van der Waals surface area contributed by atoms with Crippen LogP contribution in [-0.4, -0.2) is 8.42 Å². The zero-order valence-corrected chi connectivity index (χ0v) is 14.2. The molecule has 2 aromatic rings. The molecule has 4 nitrogen and oxygen atoms in total. The van der Waals surface area contributed by atoms with Gasteiger partial charge in [0.05, 0.1) is 21.2 Å². The molecule has 0 unspecified atom stereocenters. The van der Waals surface area contributed by atoms with Gasteiger partial charge in [-0.05, 0) is 52.3 Å². The molecular formula is C13H7BrCl2N2O2S. The van der Waals surface area contributed by atoms with Crippen LogP contribution in [0, 0.1) is 11.3 Å². The first-order valence-electron chi connectivity index (χ1n) is 5.51. The van der Waals surface area contributed by atoms with Crippen LogP contribution in [0.1, 0.15) is 5.56 Å². The number of sulfonamides is 1. The number of nitrogens with one attached hydrogen (secondary N) is 1. The minimum atomic E-state index is -3.81. The molecule has 0 saturated heterocycles. The number of hydrogen-bond acceptors (Lipinski definition) is 3. The van der Waals surface area contributed by atoms with Gasteiger partial charge in [-0.1, -0.05) is 23.2 Å². The number of anilines is 1. The van der Waals surface area contributed by atoms with Gasteiger partial charge in [0.2, 0.25) is 0 Å². The predicted molar refractivity (Wildman–Crippen MR) is 86.1 cm³/mol. The van der Waals surface area contributed by atoms with E-state index in [1.807, 2.05) is 6.07 Å². The Bertz CT molecular complexity index is 848. The van der Waals surface area contributed by atoms with Gasteiger partial charge in [-0.3, -0.25) is 4.72 Å². The lowest BCUT2D eigenvalue weighted by Gasteiger charge is -2.10. The van der Waals surface area contributed by atoms with Gasteiger partial charge in [-0.25, -0.2) is 8.42 Å². The maximum atomic E-state index is 12.3. The Morgan fingerprint density at radius 3 is 2.43 bits per heavy atom. The van der Waals surface area contributed by atoms with Crippen molar-refractivity contribution in [1.82, 2.24) is 0 Å². The third-order valence-electron chi connectivity index (χ3n) is 2.55. The summed E-state index contributed by atoms with van der Waals surface area (Å²) in [7, 11) is -3.81. The van der Waals surface area contributed by atoms with Gasteiger partial charge in [0, 0.05) is 9.50 Å². The van der Waals surface area contributed by atoms with Crippen LogP contribution in [0.4, 0.5) is 5.69 Å². The third kappa shape index (κ3) is 3.69. The zero-order valence-electron chi connectivity index (χ0n) is 10.3. The highest BCUT2D eigenvalue weighted by Crippen LogP contribution is 2.29. The molecule has 0 spiro atoms. The van der Waals surface area contributed by atoms with Crippen molar-refractivity contribution in [3.8, 4) is 6.07 Å². The lowest BCUT2D eigenvalue weighted by Crippen LogP contribution is -2.13. The number of nitriles is 1. The number of nitrogens with zero attached hydrogens (tertiary/aromatic N) is 1. The summed E-state index contributed by atoms with van der Waals surface area (Å²) in [6.07, 6.45) is 0. The molecule has 0 aliphatic carbocycles. The fraction of sp³-hybridized carbons (Fsp3) is 0. The van der Waals surface area contributed by atoms with E-state index in [1.54, 1.807) is 12.1 Å². The monoisotopic (exact) mass is 404 g/mol. The molecule has 2 rings (SSSR count). The number of rotatable bonds is 3. The molecule has 1 N–H and O–H groups in total. The first kappa shape index (κ1) is 16.1. The molecule has 0 bridgehead atoms. The normalized spacial score (nSPS) is 11.0. The van der Waals surface area contributed by atoms with Crippen LogP contribution in [0.3, 0.4) is 0 Å².